The van der Waals surface area contributed by atoms with Gasteiger partial charge in [-0.25, -0.2) is 0 Å². The Bertz CT molecular complexity index is 542. The Balaban J connectivity index is 2.52. The molecule has 102 valence electrons. The van der Waals surface area contributed by atoms with Gasteiger partial charge < -0.3 is 15.2 Å². The average molecular weight is 260 g/mol. The molecule has 0 aliphatic carbocycles. The zero-order chi connectivity index (χ0) is 14.2. The maximum absolute atomic E-state index is 9.39. The first-order valence-electron chi connectivity index (χ1n) is 6.36. The molecule has 0 saturated carbocycles. The number of methoxy groups -OCH3 is 1. The first-order chi connectivity index (χ1) is 8.96. The maximum atomic E-state index is 9.39. The van der Waals surface area contributed by atoms with Gasteiger partial charge in [0, 0.05) is 0 Å². The van der Waals surface area contributed by atoms with Gasteiger partial charge in [-0.15, -0.1) is 0 Å². The van der Waals surface area contributed by atoms with Crippen molar-refractivity contribution in [2.75, 3.05) is 20.3 Å². The third-order valence-corrected chi connectivity index (χ3v) is 4.18. The van der Waals surface area contributed by atoms with Crippen molar-refractivity contribution in [1.29, 1.82) is 5.26 Å². The minimum Gasteiger partial charge on any atom is -0.496 e. The van der Waals surface area contributed by atoms with Crippen LogP contribution in [0.3, 0.4) is 0 Å². The van der Waals surface area contributed by atoms with Crippen LogP contribution in [-0.4, -0.2) is 20.3 Å². The summed E-state index contributed by atoms with van der Waals surface area (Å²) in [5.41, 5.74) is 10.1. The van der Waals surface area contributed by atoms with Crippen molar-refractivity contribution in [3.05, 3.63) is 28.3 Å². The molecule has 0 bridgehead atoms. The zero-order valence-electron chi connectivity index (χ0n) is 11.9. The molecule has 1 heterocycles. The van der Waals surface area contributed by atoms with Crippen molar-refractivity contribution in [3.63, 3.8) is 0 Å². The van der Waals surface area contributed by atoms with Crippen molar-refractivity contribution >= 4 is 0 Å². The lowest BCUT2D eigenvalue weighted by Gasteiger charge is -2.41. The van der Waals surface area contributed by atoms with Crippen LogP contribution in [-0.2, 0) is 4.74 Å². The van der Waals surface area contributed by atoms with E-state index < -0.39 is 5.41 Å². The minimum atomic E-state index is -0.587. The van der Waals surface area contributed by atoms with Crippen LogP contribution in [0.5, 0.6) is 5.75 Å². The van der Waals surface area contributed by atoms with Gasteiger partial charge in [0.1, 0.15) is 11.2 Å². The van der Waals surface area contributed by atoms with Gasteiger partial charge >= 0.3 is 0 Å². The van der Waals surface area contributed by atoms with E-state index in [1.165, 1.54) is 0 Å². The number of nitrogens with two attached hydrogens (primary N) is 1. The van der Waals surface area contributed by atoms with Gasteiger partial charge in [-0.1, -0.05) is 0 Å². The highest BCUT2D eigenvalue weighted by molar-refractivity contribution is 5.50. The summed E-state index contributed by atoms with van der Waals surface area (Å²) < 4.78 is 10.6. The summed E-state index contributed by atoms with van der Waals surface area (Å²) in [4.78, 5) is 0. The van der Waals surface area contributed by atoms with E-state index in [-0.39, 0.29) is 6.04 Å². The van der Waals surface area contributed by atoms with E-state index in [1.807, 2.05) is 26.8 Å². The Labute approximate surface area is 114 Å². The lowest BCUT2D eigenvalue weighted by atomic mass is 9.74. The van der Waals surface area contributed by atoms with Crippen LogP contribution in [0.25, 0.3) is 0 Å². The largest absolute Gasteiger partial charge is 0.496 e. The van der Waals surface area contributed by atoms with Gasteiger partial charge in [0.2, 0.25) is 0 Å². The lowest BCUT2D eigenvalue weighted by Crippen LogP contribution is -2.49. The molecule has 2 rings (SSSR count). The fraction of sp³-hybridized carbons (Fsp3) is 0.533. The number of hydrogen-bond donors (Lipinski definition) is 1. The van der Waals surface area contributed by atoms with Crippen LogP contribution in [0.4, 0.5) is 0 Å². The standard InChI is InChI=1S/C15H20N2O2/c1-9-5-12(18-4)10(2)11(3)13(9)14(17)15(6-16)7-19-8-15/h5,14H,7-8,17H2,1-4H3. The summed E-state index contributed by atoms with van der Waals surface area (Å²) in [6.07, 6.45) is 0. The van der Waals surface area contributed by atoms with Crippen molar-refractivity contribution in [2.24, 2.45) is 11.1 Å². The second-order valence-corrected chi connectivity index (χ2v) is 5.30. The third-order valence-electron chi connectivity index (χ3n) is 4.18. The van der Waals surface area contributed by atoms with E-state index >= 15 is 0 Å². The molecule has 0 amide bonds. The number of rotatable bonds is 3. The van der Waals surface area contributed by atoms with E-state index in [9.17, 15) is 5.26 Å². The highest BCUT2D eigenvalue weighted by Gasteiger charge is 2.46. The van der Waals surface area contributed by atoms with Gasteiger partial charge in [-0.3, -0.25) is 0 Å². The van der Waals surface area contributed by atoms with Crippen LogP contribution in [0.2, 0.25) is 0 Å². The smallest absolute Gasteiger partial charge is 0.123 e. The van der Waals surface area contributed by atoms with Crippen LogP contribution in [0.1, 0.15) is 28.3 Å². The molecule has 0 radical (unpaired) electrons. The molecule has 1 aliphatic rings. The number of nitriles is 1. The molecule has 1 aromatic carbocycles. The van der Waals surface area contributed by atoms with Gasteiger partial charge in [0.15, 0.2) is 0 Å². The predicted molar refractivity (Wildman–Crippen MR) is 73.0 cm³/mol. The highest BCUT2D eigenvalue weighted by Crippen LogP contribution is 2.42. The van der Waals surface area contributed by atoms with E-state index in [0.29, 0.717) is 13.2 Å². The van der Waals surface area contributed by atoms with Crippen molar-refractivity contribution in [1.82, 2.24) is 0 Å². The van der Waals surface area contributed by atoms with Crippen LogP contribution >= 0.6 is 0 Å². The van der Waals surface area contributed by atoms with Gasteiger partial charge in [0.25, 0.3) is 0 Å². The molecule has 4 nitrogen and oxygen atoms in total. The molecule has 1 fully saturated rings. The number of aryl methyl sites for hydroxylation is 1. The van der Waals surface area contributed by atoms with Gasteiger partial charge in [-0.05, 0) is 49.1 Å². The van der Waals surface area contributed by atoms with Crippen molar-refractivity contribution in [3.8, 4) is 11.8 Å². The first-order valence-corrected chi connectivity index (χ1v) is 6.36. The third kappa shape index (κ3) is 1.99. The second kappa shape index (κ2) is 4.84. The quantitative estimate of drug-likeness (QED) is 0.904. The molecular weight excluding hydrogens is 240 g/mol. The van der Waals surface area contributed by atoms with E-state index in [4.69, 9.17) is 15.2 Å². The number of hydrogen-bond acceptors (Lipinski definition) is 4. The molecule has 19 heavy (non-hydrogen) atoms. The summed E-state index contributed by atoms with van der Waals surface area (Å²) in [7, 11) is 1.66. The van der Waals surface area contributed by atoms with Crippen LogP contribution < -0.4 is 10.5 Å². The number of ether oxygens (including phenoxy) is 2. The zero-order valence-corrected chi connectivity index (χ0v) is 11.9. The normalized spacial score (nSPS) is 18.3. The molecule has 4 heteroatoms. The highest BCUT2D eigenvalue weighted by atomic mass is 16.5. The maximum Gasteiger partial charge on any atom is 0.123 e. The number of nitrogens with zero attached hydrogens (tertiary/aromatic N) is 1. The van der Waals surface area contributed by atoms with Gasteiger partial charge in [0.05, 0.1) is 32.4 Å². The Hall–Kier alpha value is -1.57. The monoisotopic (exact) mass is 260 g/mol. The Kier molecular flexibility index (Phi) is 3.53. The molecule has 1 unspecified atom stereocenters. The Morgan fingerprint density at radius 2 is 2.00 bits per heavy atom. The average Bonchev–Trinajstić information content (AvgIpc) is 2.33. The summed E-state index contributed by atoms with van der Waals surface area (Å²) in [5, 5.41) is 9.39. The molecule has 0 aromatic heterocycles. The predicted octanol–water partition coefficient (Wildman–Crippen LogP) is 2.16. The molecular formula is C15H20N2O2. The first kappa shape index (κ1) is 13.9. The molecule has 1 aromatic rings. The molecule has 0 spiro atoms. The second-order valence-electron chi connectivity index (χ2n) is 5.30. The van der Waals surface area contributed by atoms with E-state index in [2.05, 4.69) is 6.07 Å². The minimum absolute atomic E-state index is 0.323. The lowest BCUT2D eigenvalue weighted by molar-refractivity contribution is -0.0912. The molecule has 1 atom stereocenters. The summed E-state index contributed by atoms with van der Waals surface area (Å²) in [6.45, 7) is 6.88. The summed E-state index contributed by atoms with van der Waals surface area (Å²) >= 11 is 0. The molecule has 1 aliphatic heterocycles. The Morgan fingerprint density at radius 1 is 1.37 bits per heavy atom. The fourth-order valence-corrected chi connectivity index (χ4v) is 2.67. The van der Waals surface area contributed by atoms with E-state index in [1.54, 1.807) is 7.11 Å². The van der Waals surface area contributed by atoms with Crippen LogP contribution in [0.15, 0.2) is 6.07 Å². The van der Waals surface area contributed by atoms with Gasteiger partial charge in [-0.2, -0.15) is 5.26 Å². The fourth-order valence-electron chi connectivity index (χ4n) is 2.67. The molecule has 1 saturated heterocycles. The summed E-state index contributed by atoms with van der Waals surface area (Å²) in [5.74, 6) is 0.863. The Morgan fingerprint density at radius 3 is 2.42 bits per heavy atom. The topological polar surface area (TPSA) is 68.3 Å². The van der Waals surface area contributed by atoms with Crippen molar-refractivity contribution < 1.29 is 9.47 Å². The van der Waals surface area contributed by atoms with E-state index in [0.717, 1.165) is 28.0 Å². The summed E-state index contributed by atoms with van der Waals surface area (Å²) in [6, 6.07) is 4.00. The molecule has 2 N–H and O–H groups in total. The van der Waals surface area contributed by atoms with Crippen molar-refractivity contribution in [2.45, 2.75) is 26.8 Å². The van der Waals surface area contributed by atoms with Crippen LogP contribution in [0, 0.1) is 37.5 Å². The SMILES string of the molecule is COc1cc(C)c(C(N)C2(C#N)COC2)c(C)c1C. The number of benzene rings is 1.